The topological polar surface area (TPSA) is 136 Å². The number of H-pyrrole nitrogens is 1. The Morgan fingerprint density at radius 1 is 0.812 bits per heavy atom. The van der Waals surface area contributed by atoms with E-state index in [1.54, 1.807) is 31.2 Å². The van der Waals surface area contributed by atoms with Crippen LogP contribution < -0.4 is 17.1 Å². The molecule has 0 radical (unpaired) electrons. The number of carbonyl (C=O) groups excluding carboxylic acids is 2. The highest BCUT2D eigenvalue weighted by Gasteiger charge is 2.15. The summed E-state index contributed by atoms with van der Waals surface area (Å²) in [6.07, 6.45) is 3.60. The van der Waals surface area contributed by atoms with Crippen molar-refractivity contribution >= 4 is 12.2 Å². The molecule has 0 fully saturated rings. The van der Waals surface area contributed by atoms with Crippen molar-refractivity contribution in [2.24, 2.45) is 9.98 Å². The number of nitrogens with one attached hydrogen (secondary N) is 1. The summed E-state index contributed by atoms with van der Waals surface area (Å²) in [4.78, 5) is 68.4. The van der Waals surface area contributed by atoms with E-state index < -0.39 is 23.1 Å². The summed E-state index contributed by atoms with van der Waals surface area (Å²) in [5.41, 5.74) is -0.730. The Bertz CT molecular complexity index is 1390. The lowest BCUT2D eigenvalue weighted by Crippen LogP contribution is -2.48. The van der Waals surface area contributed by atoms with Gasteiger partial charge in [-0.2, -0.15) is 9.98 Å². The molecular formula is C22H19N5O5. The molecule has 10 heteroatoms. The van der Waals surface area contributed by atoms with Crippen LogP contribution >= 0.6 is 0 Å². The van der Waals surface area contributed by atoms with E-state index in [1.165, 1.54) is 36.4 Å². The van der Waals surface area contributed by atoms with Crippen LogP contribution in [-0.2, 0) is 9.59 Å². The minimum atomic E-state index is -0.883. The number of hydrogen-bond acceptors (Lipinski definition) is 7. The second kappa shape index (κ2) is 9.61. The molecule has 2 aromatic carbocycles. The van der Waals surface area contributed by atoms with Crippen molar-refractivity contribution in [2.75, 3.05) is 0 Å². The Morgan fingerprint density at radius 3 is 1.72 bits per heavy atom. The van der Waals surface area contributed by atoms with E-state index in [4.69, 9.17) is 0 Å². The predicted molar refractivity (Wildman–Crippen MR) is 116 cm³/mol. The zero-order chi connectivity index (χ0) is 23.3. The van der Waals surface area contributed by atoms with Crippen LogP contribution in [0.25, 0.3) is 11.4 Å². The maximum absolute atomic E-state index is 13.1. The number of isocyanates is 2. The molecule has 32 heavy (non-hydrogen) atoms. The van der Waals surface area contributed by atoms with Crippen molar-refractivity contribution < 1.29 is 9.59 Å². The summed E-state index contributed by atoms with van der Waals surface area (Å²) in [7, 11) is 0. The Balaban J connectivity index is 2.09. The number of hydrogen-bond donors (Lipinski definition) is 1. The molecule has 0 aliphatic heterocycles. The molecule has 0 saturated carbocycles. The third-order valence-electron chi connectivity index (χ3n) is 5.01. The van der Waals surface area contributed by atoms with Crippen LogP contribution in [0.5, 0.6) is 0 Å². The molecule has 162 valence electrons. The molecule has 0 bridgehead atoms. The van der Waals surface area contributed by atoms with Gasteiger partial charge in [0.15, 0.2) is 0 Å². The highest BCUT2D eigenvalue weighted by Crippen LogP contribution is 2.21. The van der Waals surface area contributed by atoms with Gasteiger partial charge in [0, 0.05) is 0 Å². The smallest absolute Gasteiger partial charge is 0.258 e. The van der Waals surface area contributed by atoms with E-state index in [0.29, 0.717) is 12.0 Å². The van der Waals surface area contributed by atoms with Crippen LogP contribution in [0.2, 0.25) is 0 Å². The lowest BCUT2D eigenvalue weighted by atomic mass is 10.1. The molecule has 1 heterocycles. The van der Waals surface area contributed by atoms with Gasteiger partial charge in [-0.25, -0.2) is 33.1 Å². The van der Waals surface area contributed by atoms with E-state index in [1.807, 2.05) is 6.92 Å². The summed E-state index contributed by atoms with van der Waals surface area (Å²) in [5, 5.41) is 0. The number of aromatic amines is 1. The summed E-state index contributed by atoms with van der Waals surface area (Å²) in [6.45, 7) is 3.56. The molecular weight excluding hydrogens is 414 g/mol. The van der Waals surface area contributed by atoms with Crippen molar-refractivity contribution in [2.45, 2.75) is 32.4 Å². The van der Waals surface area contributed by atoms with Crippen LogP contribution in [0.1, 0.15) is 43.5 Å². The summed E-state index contributed by atoms with van der Waals surface area (Å²) in [5.74, 6) is 0. The van der Waals surface area contributed by atoms with Crippen molar-refractivity contribution in [3.05, 3.63) is 91.1 Å². The van der Waals surface area contributed by atoms with Crippen LogP contribution in [0, 0.1) is 0 Å². The molecule has 0 saturated heterocycles. The number of rotatable bonds is 7. The molecule has 0 aliphatic rings. The van der Waals surface area contributed by atoms with E-state index in [-0.39, 0.29) is 17.4 Å². The number of aliphatic imine (C=N–C) groups is 2. The molecule has 2 atom stereocenters. The predicted octanol–water partition coefficient (Wildman–Crippen LogP) is 1.86. The monoisotopic (exact) mass is 433 g/mol. The number of benzene rings is 2. The highest BCUT2D eigenvalue weighted by atomic mass is 16.2. The number of nitrogens with zero attached hydrogens (tertiary/aromatic N) is 4. The third kappa shape index (κ3) is 4.37. The second-order valence-electron chi connectivity index (χ2n) is 6.91. The molecule has 0 aliphatic carbocycles. The first-order valence-corrected chi connectivity index (χ1v) is 9.74. The van der Waals surface area contributed by atoms with Gasteiger partial charge in [0.1, 0.15) is 0 Å². The van der Waals surface area contributed by atoms with Gasteiger partial charge in [-0.15, -0.1) is 0 Å². The Labute approximate surface area is 181 Å². The van der Waals surface area contributed by atoms with E-state index in [9.17, 15) is 24.0 Å². The van der Waals surface area contributed by atoms with Crippen LogP contribution in [-0.4, -0.2) is 26.3 Å². The number of aromatic nitrogens is 3. The van der Waals surface area contributed by atoms with Gasteiger partial charge in [-0.3, -0.25) is 4.98 Å². The SMILES string of the molecule is CCC(N=C=O)c1ccc(-n2c(=O)[nH]c(=O)n(-c3ccc(C(C)N=C=O)cc3)c2=O)cc1. The summed E-state index contributed by atoms with van der Waals surface area (Å²) < 4.78 is 1.67. The Morgan fingerprint density at radius 2 is 1.28 bits per heavy atom. The van der Waals surface area contributed by atoms with Crippen molar-refractivity contribution in [3.8, 4) is 11.4 Å². The first kappa shape index (κ1) is 22.3. The van der Waals surface area contributed by atoms with Gasteiger partial charge in [0.2, 0.25) is 12.2 Å². The van der Waals surface area contributed by atoms with Gasteiger partial charge < -0.3 is 0 Å². The van der Waals surface area contributed by atoms with Crippen LogP contribution in [0.3, 0.4) is 0 Å². The normalized spacial score (nSPS) is 12.3. The maximum Gasteiger partial charge on any atom is 0.345 e. The van der Waals surface area contributed by atoms with E-state index in [0.717, 1.165) is 14.7 Å². The fourth-order valence-electron chi connectivity index (χ4n) is 3.30. The lowest BCUT2D eigenvalue weighted by Gasteiger charge is -2.12. The maximum atomic E-state index is 13.1. The van der Waals surface area contributed by atoms with Crippen molar-refractivity contribution in [3.63, 3.8) is 0 Å². The fraction of sp³-hybridized carbons (Fsp3) is 0.227. The van der Waals surface area contributed by atoms with E-state index in [2.05, 4.69) is 15.0 Å². The third-order valence-corrected chi connectivity index (χ3v) is 5.01. The highest BCUT2D eigenvalue weighted by molar-refractivity contribution is 5.40. The molecule has 10 nitrogen and oxygen atoms in total. The largest absolute Gasteiger partial charge is 0.345 e. The van der Waals surface area contributed by atoms with Crippen LogP contribution in [0.15, 0.2) is 72.9 Å². The van der Waals surface area contributed by atoms with Gasteiger partial charge in [0.25, 0.3) is 0 Å². The second-order valence-corrected chi connectivity index (χ2v) is 6.91. The first-order chi connectivity index (χ1) is 15.4. The van der Waals surface area contributed by atoms with Gasteiger partial charge in [-0.1, -0.05) is 31.2 Å². The lowest BCUT2D eigenvalue weighted by molar-refractivity contribution is 0.555. The molecule has 3 rings (SSSR count). The Hall–Kier alpha value is -4.39. The summed E-state index contributed by atoms with van der Waals surface area (Å²) in [6, 6.07) is 11.8. The standard InChI is InChI=1S/C22H19N5O5/c1-3-19(24-13-29)16-6-10-18(11-7-16)27-21(31)25-20(30)26(22(27)32)17-8-4-15(5-9-17)14(2)23-12-28/h4-11,14,19H,3H2,1-2H3,(H,25,30,31). The zero-order valence-corrected chi connectivity index (χ0v) is 17.3. The molecule has 1 N–H and O–H groups in total. The quantitative estimate of drug-likeness (QED) is 0.448. The van der Waals surface area contributed by atoms with Gasteiger partial charge in [-0.05, 0) is 48.7 Å². The minimum Gasteiger partial charge on any atom is -0.258 e. The zero-order valence-electron chi connectivity index (χ0n) is 17.3. The minimum absolute atomic E-state index is 0.235. The fourth-order valence-corrected chi connectivity index (χ4v) is 3.30. The summed E-state index contributed by atoms with van der Waals surface area (Å²) >= 11 is 0. The first-order valence-electron chi connectivity index (χ1n) is 9.74. The van der Waals surface area contributed by atoms with Gasteiger partial charge in [0.05, 0.1) is 23.5 Å². The molecule has 1 aromatic heterocycles. The Kier molecular flexibility index (Phi) is 6.70. The van der Waals surface area contributed by atoms with Gasteiger partial charge >= 0.3 is 17.1 Å². The average molecular weight is 433 g/mol. The van der Waals surface area contributed by atoms with E-state index >= 15 is 0 Å². The van der Waals surface area contributed by atoms with Crippen molar-refractivity contribution in [1.82, 2.24) is 14.1 Å². The molecule has 2 unspecified atom stereocenters. The molecule has 3 aromatic rings. The van der Waals surface area contributed by atoms with Crippen molar-refractivity contribution in [1.29, 1.82) is 0 Å². The van der Waals surface area contributed by atoms with Crippen LogP contribution in [0.4, 0.5) is 0 Å². The molecule has 0 spiro atoms. The average Bonchev–Trinajstić information content (AvgIpc) is 2.78. The molecule has 0 amide bonds.